The number of benzene rings is 3. The first-order valence-corrected chi connectivity index (χ1v) is 11.5. The lowest BCUT2D eigenvalue weighted by atomic mass is 10.1. The molecular formula is C25H16Cl3N3O5. The Bertz CT molecular complexity index is 1470. The van der Waals surface area contributed by atoms with Gasteiger partial charge in [0.25, 0.3) is 11.6 Å². The fraction of sp³-hybridized carbons (Fsp3) is 0.0400. The van der Waals surface area contributed by atoms with Crippen LogP contribution in [0.2, 0.25) is 15.1 Å². The first-order valence-electron chi connectivity index (χ1n) is 10.3. The van der Waals surface area contributed by atoms with E-state index in [2.05, 4.69) is 10.5 Å². The van der Waals surface area contributed by atoms with E-state index in [4.69, 9.17) is 44.0 Å². The molecule has 0 atom stereocenters. The van der Waals surface area contributed by atoms with Crippen molar-refractivity contribution in [2.24, 2.45) is 5.10 Å². The Morgan fingerprint density at radius 3 is 2.61 bits per heavy atom. The van der Waals surface area contributed by atoms with Crippen molar-refractivity contribution in [1.29, 1.82) is 0 Å². The lowest BCUT2D eigenvalue weighted by Crippen LogP contribution is -2.18. The van der Waals surface area contributed by atoms with E-state index < -0.39 is 10.8 Å². The van der Waals surface area contributed by atoms with Crippen molar-refractivity contribution in [3.05, 3.63) is 115 Å². The van der Waals surface area contributed by atoms with Gasteiger partial charge in [-0.15, -0.1) is 0 Å². The van der Waals surface area contributed by atoms with Gasteiger partial charge in [0.2, 0.25) is 0 Å². The summed E-state index contributed by atoms with van der Waals surface area (Å²) in [7, 11) is 0. The summed E-state index contributed by atoms with van der Waals surface area (Å²) >= 11 is 18.0. The molecule has 0 aliphatic rings. The topological polar surface area (TPSA) is 107 Å². The van der Waals surface area contributed by atoms with Crippen LogP contribution in [0.3, 0.4) is 0 Å². The Balaban J connectivity index is 1.42. The largest absolute Gasteiger partial charge is 0.488 e. The highest BCUT2D eigenvalue weighted by Crippen LogP contribution is 2.31. The molecule has 0 spiro atoms. The SMILES string of the molecule is O=C(N/N=C/c1ccc(-c2ccc(Cl)c([N+](=O)[O-])c2)o1)c1ccccc1OCc1ccc(Cl)cc1Cl. The summed E-state index contributed by atoms with van der Waals surface area (Å²) in [6, 6.07) is 19.3. The van der Waals surface area contributed by atoms with Crippen LogP contribution in [0, 0.1) is 10.1 Å². The standard InChI is InChI=1S/C25H16Cl3N3O5/c26-17-7-5-16(21(28)12-17)14-35-24-4-2-1-3-19(24)25(32)30-29-13-18-8-10-23(36-18)15-6-9-20(27)22(11-15)31(33)34/h1-13H,14H2,(H,30,32)/b29-13+. The fourth-order valence-corrected chi connectivity index (χ4v) is 3.82. The number of ether oxygens (including phenoxy) is 1. The maximum absolute atomic E-state index is 12.7. The van der Waals surface area contributed by atoms with E-state index in [0.29, 0.717) is 38.4 Å². The number of carbonyl (C=O) groups is 1. The number of nitrogens with one attached hydrogen (secondary N) is 1. The molecule has 36 heavy (non-hydrogen) atoms. The minimum Gasteiger partial charge on any atom is -0.488 e. The van der Waals surface area contributed by atoms with Gasteiger partial charge in [0.15, 0.2) is 0 Å². The molecule has 0 radical (unpaired) electrons. The number of carbonyl (C=O) groups excluding carboxylic acids is 1. The predicted molar refractivity (Wildman–Crippen MR) is 138 cm³/mol. The average molecular weight is 545 g/mol. The molecule has 0 unspecified atom stereocenters. The van der Waals surface area contributed by atoms with Gasteiger partial charge in [0, 0.05) is 27.2 Å². The van der Waals surface area contributed by atoms with E-state index in [1.807, 2.05) is 0 Å². The molecule has 4 aromatic rings. The number of hydrogen-bond acceptors (Lipinski definition) is 6. The zero-order chi connectivity index (χ0) is 25.7. The summed E-state index contributed by atoms with van der Waals surface area (Å²) in [6.07, 6.45) is 1.31. The van der Waals surface area contributed by atoms with Crippen molar-refractivity contribution >= 4 is 52.6 Å². The van der Waals surface area contributed by atoms with Crippen molar-refractivity contribution < 1.29 is 18.9 Å². The quantitative estimate of drug-likeness (QED) is 0.144. The second kappa shape index (κ2) is 11.3. The van der Waals surface area contributed by atoms with Gasteiger partial charge in [-0.05, 0) is 48.5 Å². The molecule has 4 rings (SSSR count). The van der Waals surface area contributed by atoms with Crippen LogP contribution in [0.5, 0.6) is 5.75 Å². The van der Waals surface area contributed by atoms with E-state index in [1.54, 1.807) is 60.7 Å². The van der Waals surface area contributed by atoms with Gasteiger partial charge in [-0.25, -0.2) is 5.43 Å². The monoisotopic (exact) mass is 543 g/mol. The van der Waals surface area contributed by atoms with E-state index in [1.165, 1.54) is 18.3 Å². The molecule has 1 heterocycles. The Morgan fingerprint density at radius 1 is 1.03 bits per heavy atom. The van der Waals surface area contributed by atoms with Crippen LogP contribution in [0.4, 0.5) is 5.69 Å². The fourth-order valence-electron chi connectivity index (χ4n) is 3.17. The van der Waals surface area contributed by atoms with Crippen LogP contribution >= 0.6 is 34.8 Å². The maximum Gasteiger partial charge on any atom is 0.288 e. The summed E-state index contributed by atoms with van der Waals surface area (Å²) in [5.74, 6) is 0.553. The molecule has 0 fully saturated rings. The Morgan fingerprint density at radius 2 is 1.83 bits per heavy atom. The second-order valence-corrected chi connectivity index (χ2v) is 8.60. The third-order valence-corrected chi connectivity index (χ3v) is 5.85. The lowest BCUT2D eigenvalue weighted by Gasteiger charge is -2.11. The van der Waals surface area contributed by atoms with Gasteiger partial charge < -0.3 is 9.15 Å². The van der Waals surface area contributed by atoms with Gasteiger partial charge >= 0.3 is 0 Å². The van der Waals surface area contributed by atoms with E-state index in [-0.39, 0.29) is 22.9 Å². The Kier molecular flexibility index (Phi) is 7.90. The maximum atomic E-state index is 12.7. The van der Waals surface area contributed by atoms with Crippen molar-refractivity contribution in [1.82, 2.24) is 5.43 Å². The zero-order valence-corrected chi connectivity index (χ0v) is 20.6. The highest BCUT2D eigenvalue weighted by atomic mass is 35.5. The third kappa shape index (κ3) is 6.04. The van der Waals surface area contributed by atoms with Gasteiger partial charge in [-0.3, -0.25) is 14.9 Å². The number of halogens is 3. The molecule has 11 heteroatoms. The van der Waals surface area contributed by atoms with Crippen LogP contribution < -0.4 is 10.2 Å². The number of furan rings is 1. The zero-order valence-electron chi connectivity index (χ0n) is 18.3. The number of hydrogen-bond donors (Lipinski definition) is 1. The number of nitro groups is 1. The van der Waals surface area contributed by atoms with Gasteiger partial charge in [-0.1, -0.05) is 53.0 Å². The molecule has 8 nitrogen and oxygen atoms in total. The molecule has 0 aliphatic heterocycles. The third-order valence-electron chi connectivity index (χ3n) is 4.94. The minimum absolute atomic E-state index is 0.0281. The average Bonchev–Trinajstić information content (AvgIpc) is 3.32. The summed E-state index contributed by atoms with van der Waals surface area (Å²) in [6.45, 7) is 0.140. The molecule has 1 aromatic heterocycles. The van der Waals surface area contributed by atoms with Crippen molar-refractivity contribution in [2.75, 3.05) is 0 Å². The Hall–Kier alpha value is -3.85. The molecule has 0 saturated carbocycles. The van der Waals surface area contributed by atoms with Crippen LogP contribution in [0.15, 0.2) is 82.3 Å². The Labute approximate surface area is 220 Å². The number of amides is 1. The van der Waals surface area contributed by atoms with Gasteiger partial charge in [-0.2, -0.15) is 5.10 Å². The lowest BCUT2D eigenvalue weighted by molar-refractivity contribution is -0.384. The number of para-hydroxylation sites is 1. The smallest absolute Gasteiger partial charge is 0.288 e. The summed E-state index contributed by atoms with van der Waals surface area (Å²) in [5.41, 5.74) is 3.66. The molecule has 182 valence electrons. The van der Waals surface area contributed by atoms with Crippen LogP contribution in [0.25, 0.3) is 11.3 Å². The van der Waals surface area contributed by atoms with Crippen molar-refractivity contribution in [2.45, 2.75) is 6.61 Å². The molecule has 0 saturated heterocycles. The number of hydrazone groups is 1. The summed E-state index contributed by atoms with van der Waals surface area (Å²) in [4.78, 5) is 23.2. The molecule has 0 bridgehead atoms. The predicted octanol–water partition coefficient (Wildman–Crippen LogP) is 7.16. The highest BCUT2D eigenvalue weighted by Gasteiger charge is 2.15. The number of nitro benzene ring substituents is 1. The molecule has 0 aliphatic carbocycles. The second-order valence-electron chi connectivity index (χ2n) is 7.35. The van der Waals surface area contributed by atoms with E-state index >= 15 is 0 Å². The van der Waals surface area contributed by atoms with Crippen LogP contribution in [-0.4, -0.2) is 17.0 Å². The van der Waals surface area contributed by atoms with Gasteiger partial charge in [0.1, 0.15) is 28.9 Å². The van der Waals surface area contributed by atoms with Crippen LogP contribution in [-0.2, 0) is 6.61 Å². The van der Waals surface area contributed by atoms with Crippen molar-refractivity contribution in [3.8, 4) is 17.1 Å². The molecular weight excluding hydrogens is 529 g/mol. The number of nitrogens with zero attached hydrogens (tertiary/aromatic N) is 2. The first kappa shape index (κ1) is 25.2. The van der Waals surface area contributed by atoms with Crippen LogP contribution in [0.1, 0.15) is 21.7 Å². The summed E-state index contributed by atoms with van der Waals surface area (Å²) in [5, 5.41) is 16.0. The normalized spacial score (nSPS) is 11.0. The molecule has 1 amide bonds. The highest BCUT2D eigenvalue weighted by molar-refractivity contribution is 6.35. The van der Waals surface area contributed by atoms with Gasteiger partial charge in [0.05, 0.1) is 16.7 Å². The number of rotatable bonds is 8. The van der Waals surface area contributed by atoms with E-state index in [9.17, 15) is 14.9 Å². The molecule has 1 N–H and O–H groups in total. The van der Waals surface area contributed by atoms with Crippen molar-refractivity contribution in [3.63, 3.8) is 0 Å². The first-order chi connectivity index (χ1) is 17.3. The van der Waals surface area contributed by atoms with E-state index in [0.717, 1.165) is 0 Å². The minimum atomic E-state index is -0.571. The molecule has 3 aromatic carbocycles. The summed E-state index contributed by atoms with van der Waals surface area (Å²) < 4.78 is 11.5.